The third-order valence-electron chi connectivity index (χ3n) is 5.00. The molecule has 0 saturated carbocycles. The fraction of sp³-hybridized carbons (Fsp3) is 0.350. The van der Waals surface area contributed by atoms with Gasteiger partial charge in [0.1, 0.15) is 0 Å². The van der Waals surface area contributed by atoms with Crippen molar-refractivity contribution in [1.82, 2.24) is 10.2 Å². The lowest BCUT2D eigenvalue weighted by Crippen LogP contribution is -2.42. The highest BCUT2D eigenvalue weighted by atomic mass is 35.5. The number of carbonyl (C=O) groups is 3. The number of amides is 3. The second-order valence-electron chi connectivity index (χ2n) is 6.93. The third kappa shape index (κ3) is 5.50. The number of hydrogen-bond acceptors (Lipinski definition) is 4. The van der Waals surface area contributed by atoms with Crippen molar-refractivity contribution in [2.24, 2.45) is 11.7 Å². The maximum Gasteiger partial charge on any atom is 0.312 e. The topological polar surface area (TPSA) is 92.5 Å². The van der Waals surface area contributed by atoms with Crippen LogP contribution in [0.4, 0.5) is 4.79 Å². The Kier molecular flexibility index (Phi) is 7.16. The van der Waals surface area contributed by atoms with E-state index in [1.807, 2.05) is 17.5 Å². The number of carbonyl (C=O) groups excluding carboxylic acids is 3. The summed E-state index contributed by atoms with van der Waals surface area (Å²) in [5.41, 5.74) is 5.79. The lowest BCUT2D eigenvalue weighted by atomic mass is 9.88. The van der Waals surface area contributed by atoms with Crippen LogP contribution in [0.1, 0.15) is 40.5 Å². The van der Waals surface area contributed by atoms with Crippen molar-refractivity contribution >= 4 is 52.3 Å². The Balaban J connectivity index is 1.57. The number of ketones is 1. The Hall–Kier alpha value is -2.09. The first-order chi connectivity index (χ1) is 13.8. The molecule has 1 aliphatic heterocycles. The molecule has 1 fully saturated rings. The first-order valence-electron chi connectivity index (χ1n) is 9.21. The Bertz CT molecular complexity index is 896. The van der Waals surface area contributed by atoms with Crippen molar-refractivity contribution in [3.8, 4) is 0 Å². The van der Waals surface area contributed by atoms with Crippen LogP contribution < -0.4 is 11.1 Å². The van der Waals surface area contributed by atoms with E-state index in [-0.39, 0.29) is 24.0 Å². The number of nitrogens with zero attached hydrogens (tertiary/aromatic N) is 1. The third-order valence-corrected chi connectivity index (χ3v) is 6.73. The van der Waals surface area contributed by atoms with Gasteiger partial charge in [-0.2, -0.15) is 0 Å². The molecular formula is C20H21Cl2N3O3S. The minimum absolute atomic E-state index is 0.0162. The predicted octanol–water partition coefficient (Wildman–Crippen LogP) is 4.28. The van der Waals surface area contributed by atoms with Gasteiger partial charge in [-0.15, -0.1) is 11.3 Å². The lowest BCUT2D eigenvalue weighted by molar-refractivity contribution is -0.132. The maximum atomic E-state index is 12.7. The minimum atomic E-state index is -0.665. The fourth-order valence-electron chi connectivity index (χ4n) is 3.46. The van der Waals surface area contributed by atoms with Crippen LogP contribution in [0.25, 0.3) is 0 Å². The summed E-state index contributed by atoms with van der Waals surface area (Å²) in [4.78, 5) is 39.4. The highest BCUT2D eigenvalue weighted by Crippen LogP contribution is 2.28. The molecule has 3 rings (SSSR count). The van der Waals surface area contributed by atoms with Crippen molar-refractivity contribution in [3.05, 3.63) is 56.2 Å². The molecule has 3 amide bonds. The summed E-state index contributed by atoms with van der Waals surface area (Å²) >= 11 is 13.4. The number of nitrogens with two attached hydrogens (primary N) is 1. The number of Topliss-reactive ketones (excluding diaryl/α,β-unsaturated/α-hetero) is 1. The molecule has 29 heavy (non-hydrogen) atoms. The molecular weight excluding hydrogens is 433 g/mol. The maximum absolute atomic E-state index is 12.7. The lowest BCUT2D eigenvalue weighted by Gasteiger charge is -2.32. The van der Waals surface area contributed by atoms with Crippen LogP contribution in [0.3, 0.4) is 0 Å². The zero-order valence-electron chi connectivity index (χ0n) is 15.6. The quantitative estimate of drug-likeness (QED) is 0.639. The summed E-state index contributed by atoms with van der Waals surface area (Å²) in [6.07, 6.45) is 1.30. The second kappa shape index (κ2) is 9.61. The van der Waals surface area contributed by atoms with E-state index >= 15 is 0 Å². The highest BCUT2D eigenvalue weighted by molar-refractivity contribution is 7.10. The summed E-state index contributed by atoms with van der Waals surface area (Å²) in [5, 5.41) is 5.28. The highest BCUT2D eigenvalue weighted by Gasteiger charge is 2.29. The Morgan fingerprint density at radius 1 is 1.17 bits per heavy atom. The van der Waals surface area contributed by atoms with Gasteiger partial charge in [0.05, 0.1) is 22.5 Å². The summed E-state index contributed by atoms with van der Waals surface area (Å²) in [7, 11) is 0. The van der Waals surface area contributed by atoms with E-state index in [1.54, 1.807) is 23.1 Å². The number of piperidine rings is 1. The smallest absolute Gasteiger partial charge is 0.312 e. The number of halogens is 2. The zero-order valence-corrected chi connectivity index (χ0v) is 17.9. The van der Waals surface area contributed by atoms with Gasteiger partial charge < -0.3 is 16.0 Å². The molecule has 1 saturated heterocycles. The Morgan fingerprint density at radius 3 is 2.48 bits per heavy atom. The van der Waals surface area contributed by atoms with Gasteiger partial charge in [0.15, 0.2) is 5.78 Å². The van der Waals surface area contributed by atoms with Crippen molar-refractivity contribution in [3.63, 3.8) is 0 Å². The van der Waals surface area contributed by atoms with Gasteiger partial charge in [0.25, 0.3) is 0 Å². The molecule has 2 heterocycles. The van der Waals surface area contributed by atoms with E-state index in [1.165, 1.54) is 11.3 Å². The minimum Gasteiger partial charge on any atom is -0.352 e. The van der Waals surface area contributed by atoms with Crippen LogP contribution in [0, 0.1) is 5.92 Å². The number of thiophene rings is 1. The number of hydrogen-bond donors (Lipinski definition) is 2. The molecule has 0 spiro atoms. The number of rotatable bonds is 6. The Morgan fingerprint density at radius 2 is 1.90 bits per heavy atom. The number of likely N-dealkylation sites (tertiary alicyclic amines) is 1. The number of urea groups is 1. The number of nitrogens with one attached hydrogen (secondary N) is 1. The van der Waals surface area contributed by atoms with Crippen LogP contribution in [0.15, 0.2) is 35.7 Å². The van der Waals surface area contributed by atoms with Gasteiger partial charge >= 0.3 is 6.03 Å². The number of primary amides is 1. The van der Waals surface area contributed by atoms with Crippen molar-refractivity contribution in [2.45, 2.75) is 25.3 Å². The SMILES string of the molecule is NC(=O)NC(CC(=O)N1CCC(C(=O)c2ccc(Cl)c(Cl)c2)CC1)c1cccs1. The molecule has 1 aliphatic rings. The van der Waals surface area contributed by atoms with Crippen molar-refractivity contribution in [1.29, 1.82) is 0 Å². The summed E-state index contributed by atoms with van der Waals surface area (Å²) < 4.78 is 0. The molecule has 2 aromatic rings. The van der Waals surface area contributed by atoms with Gasteiger partial charge in [-0.05, 0) is 42.5 Å². The molecule has 0 radical (unpaired) electrons. The van der Waals surface area contributed by atoms with Crippen LogP contribution >= 0.6 is 34.5 Å². The molecule has 9 heteroatoms. The van der Waals surface area contributed by atoms with E-state index < -0.39 is 12.1 Å². The molecule has 6 nitrogen and oxygen atoms in total. The van der Waals surface area contributed by atoms with E-state index in [9.17, 15) is 14.4 Å². The average molecular weight is 454 g/mol. The van der Waals surface area contributed by atoms with E-state index in [4.69, 9.17) is 28.9 Å². The molecule has 154 valence electrons. The summed E-state index contributed by atoms with van der Waals surface area (Å²) in [6, 6.07) is 7.49. The summed E-state index contributed by atoms with van der Waals surface area (Å²) in [5.74, 6) is -0.215. The largest absolute Gasteiger partial charge is 0.352 e. The van der Waals surface area contributed by atoms with E-state index in [2.05, 4.69) is 5.32 Å². The van der Waals surface area contributed by atoms with E-state index in [0.717, 1.165) is 4.88 Å². The normalized spacial score (nSPS) is 15.7. The van der Waals surface area contributed by atoms with Crippen LogP contribution in [0.2, 0.25) is 10.0 Å². The Labute approximate surface area is 183 Å². The molecule has 3 N–H and O–H groups in total. The zero-order chi connectivity index (χ0) is 21.0. The molecule has 1 aromatic heterocycles. The molecule has 0 bridgehead atoms. The van der Waals surface area contributed by atoms with Gasteiger partial charge in [0, 0.05) is 29.4 Å². The van der Waals surface area contributed by atoms with Gasteiger partial charge in [-0.25, -0.2) is 4.79 Å². The first kappa shape index (κ1) is 21.6. The standard InChI is InChI=1S/C20H21Cl2N3O3S/c21-14-4-3-13(10-15(14)22)19(27)12-5-7-25(8-6-12)18(26)11-16(24-20(23)28)17-2-1-9-29-17/h1-4,9-10,12,16H,5-8,11H2,(H3,23,24,28). The molecule has 1 aromatic carbocycles. The van der Waals surface area contributed by atoms with E-state index in [0.29, 0.717) is 41.5 Å². The van der Waals surface area contributed by atoms with Gasteiger partial charge in [0.2, 0.25) is 5.91 Å². The van der Waals surface area contributed by atoms with Gasteiger partial charge in [-0.3, -0.25) is 9.59 Å². The predicted molar refractivity (Wildman–Crippen MR) is 114 cm³/mol. The van der Waals surface area contributed by atoms with Crippen LogP contribution in [-0.2, 0) is 4.79 Å². The summed E-state index contributed by atoms with van der Waals surface area (Å²) in [6.45, 7) is 0.981. The monoisotopic (exact) mass is 453 g/mol. The number of benzene rings is 1. The van der Waals surface area contributed by atoms with Crippen LogP contribution in [0.5, 0.6) is 0 Å². The average Bonchev–Trinajstić information content (AvgIpc) is 3.23. The molecule has 1 atom stereocenters. The van der Waals surface area contributed by atoms with Gasteiger partial charge in [-0.1, -0.05) is 29.3 Å². The first-order valence-corrected chi connectivity index (χ1v) is 10.8. The molecule has 1 unspecified atom stereocenters. The van der Waals surface area contributed by atoms with Crippen molar-refractivity contribution in [2.75, 3.05) is 13.1 Å². The fourth-order valence-corrected chi connectivity index (χ4v) is 4.54. The van der Waals surface area contributed by atoms with Crippen LogP contribution in [-0.4, -0.2) is 35.7 Å². The van der Waals surface area contributed by atoms with Crippen molar-refractivity contribution < 1.29 is 14.4 Å². The molecule has 0 aliphatic carbocycles. The second-order valence-corrected chi connectivity index (χ2v) is 8.72.